The molecule has 1 spiro atoms. The highest BCUT2D eigenvalue weighted by molar-refractivity contribution is 6.01. The molecule has 0 unspecified atom stereocenters. The molecule has 0 aromatic heterocycles. The highest BCUT2D eigenvalue weighted by atomic mass is 19.4. The summed E-state index contributed by atoms with van der Waals surface area (Å²) in [5.41, 5.74) is 0.229. The van der Waals surface area contributed by atoms with E-state index in [0.717, 1.165) is 38.1 Å². The Morgan fingerprint density at radius 2 is 1.79 bits per heavy atom. The van der Waals surface area contributed by atoms with Crippen LogP contribution in [-0.2, 0) is 11.0 Å². The van der Waals surface area contributed by atoms with Crippen LogP contribution >= 0.6 is 0 Å². The van der Waals surface area contributed by atoms with Crippen LogP contribution in [0.15, 0.2) is 29.4 Å². The molecule has 24 heavy (non-hydrogen) atoms. The van der Waals surface area contributed by atoms with E-state index in [4.69, 9.17) is 4.84 Å². The summed E-state index contributed by atoms with van der Waals surface area (Å²) >= 11 is 0. The molecule has 0 atom stereocenters. The molecule has 0 bridgehead atoms. The van der Waals surface area contributed by atoms with E-state index in [1.54, 1.807) is 6.07 Å². The maximum atomic E-state index is 12.9. The molecule has 1 saturated heterocycles. The SMILES string of the molecule is CC(C)(C)N1CCC2(CC1)CC(c1cccc(C(F)(F)F)c1)=NO2. The molecule has 1 aromatic rings. The molecule has 3 nitrogen and oxygen atoms in total. The normalized spacial score (nSPS) is 21.7. The van der Waals surface area contributed by atoms with E-state index in [2.05, 4.69) is 30.8 Å². The Hall–Kier alpha value is -1.56. The summed E-state index contributed by atoms with van der Waals surface area (Å²) in [7, 11) is 0. The van der Waals surface area contributed by atoms with Crippen LogP contribution in [0.3, 0.4) is 0 Å². The Labute approximate surface area is 140 Å². The second-order valence-corrected chi connectivity index (χ2v) is 7.73. The van der Waals surface area contributed by atoms with Crippen molar-refractivity contribution in [1.82, 2.24) is 4.90 Å². The van der Waals surface area contributed by atoms with E-state index in [1.165, 1.54) is 6.07 Å². The Morgan fingerprint density at radius 1 is 1.12 bits per heavy atom. The molecule has 2 aliphatic heterocycles. The highest BCUT2D eigenvalue weighted by Crippen LogP contribution is 2.38. The number of hydrogen-bond acceptors (Lipinski definition) is 3. The average Bonchev–Trinajstić information content (AvgIpc) is 2.90. The topological polar surface area (TPSA) is 24.8 Å². The predicted molar refractivity (Wildman–Crippen MR) is 87.0 cm³/mol. The van der Waals surface area contributed by atoms with Gasteiger partial charge in [0.05, 0.1) is 11.3 Å². The maximum absolute atomic E-state index is 12.9. The molecule has 1 aromatic carbocycles. The van der Waals surface area contributed by atoms with Crippen LogP contribution in [0.1, 0.15) is 51.2 Å². The van der Waals surface area contributed by atoms with Gasteiger partial charge in [0.2, 0.25) is 0 Å². The predicted octanol–water partition coefficient (Wildman–Crippen LogP) is 4.46. The summed E-state index contributed by atoms with van der Waals surface area (Å²) in [6.07, 6.45) is -2.08. The monoisotopic (exact) mass is 340 g/mol. The van der Waals surface area contributed by atoms with Gasteiger partial charge in [0, 0.05) is 43.5 Å². The van der Waals surface area contributed by atoms with Crippen LogP contribution < -0.4 is 0 Å². The molecule has 0 radical (unpaired) electrons. The number of likely N-dealkylation sites (tertiary alicyclic amines) is 1. The quantitative estimate of drug-likeness (QED) is 0.754. The summed E-state index contributed by atoms with van der Waals surface area (Å²) < 4.78 is 38.6. The fourth-order valence-corrected chi connectivity index (χ4v) is 3.40. The second kappa shape index (κ2) is 5.76. The standard InChI is InChI=1S/C18H23F3N2O/c1-16(2,3)23-9-7-17(8-10-23)12-15(22-24-17)13-5-4-6-14(11-13)18(19,20)21/h4-6,11H,7-10,12H2,1-3H3. The van der Waals surface area contributed by atoms with Crippen molar-refractivity contribution in [2.75, 3.05) is 13.1 Å². The van der Waals surface area contributed by atoms with Gasteiger partial charge in [-0.2, -0.15) is 13.2 Å². The lowest BCUT2D eigenvalue weighted by Gasteiger charge is -2.43. The molecular weight excluding hydrogens is 317 g/mol. The van der Waals surface area contributed by atoms with Crippen molar-refractivity contribution >= 4 is 5.71 Å². The molecule has 2 heterocycles. The zero-order chi connectivity index (χ0) is 17.6. The molecule has 6 heteroatoms. The third kappa shape index (κ3) is 3.43. The van der Waals surface area contributed by atoms with Gasteiger partial charge in [-0.25, -0.2) is 0 Å². The Morgan fingerprint density at radius 3 is 2.38 bits per heavy atom. The first kappa shape index (κ1) is 17.3. The number of hydrogen-bond donors (Lipinski definition) is 0. The van der Waals surface area contributed by atoms with Crippen LogP contribution in [-0.4, -0.2) is 34.8 Å². The lowest BCUT2D eigenvalue weighted by atomic mass is 9.84. The number of benzene rings is 1. The van der Waals surface area contributed by atoms with E-state index in [1.807, 2.05) is 0 Å². The van der Waals surface area contributed by atoms with Crippen molar-refractivity contribution < 1.29 is 18.0 Å². The van der Waals surface area contributed by atoms with Crippen LogP contribution in [0.4, 0.5) is 13.2 Å². The molecule has 0 aliphatic carbocycles. The number of halogens is 3. The molecule has 0 amide bonds. The van der Waals surface area contributed by atoms with E-state index < -0.39 is 11.7 Å². The first-order valence-corrected chi connectivity index (χ1v) is 8.27. The summed E-state index contributed by atoms with van der Waals surface area (Å²) in [5.74, 6) is 0. The minimum absolute atomic E-state index is 0.116. The van der Waals surface area contributed by atoms with E-state index in [0.29, 0.717) is 17.7 Å². The fourth-order valence-electron chi connectivity index (χ4n) is 3.40. The fraction of sp³-hybridized carbons (Fsp3) is 0.611. The zero-order valence-corrected chi connectivity index (χ0v) is 14.3. The molecule has 132 valence electrons. The first-order valence-electron chi connectivity index (χ1n) is 8.27. The molecular formula is C18H23F3N2O. The van der Waals surface area contributed by atoms with Gasteiger partial charge in [-0.05, 0) is 32.9 Å². The molecule has 2 aliphatic rings. The van der Waals surface area contributed by atoms with Gasteiger partial charge in [-0.1, -0.05) is 17.3 Å². The van der Waals surface area contributed by atoms with Crippen molar-refractivity contribution in [3.05, 3.63) is 35.4 Å². The number of piperidine rings is 1. The van der Waals surface area contributed by atoms with Gasteiger partial charge in [0.15, 0.2) is 0 Å². The summed E-state index contributed by atoms with van der Waals surface area (Å²) in [4.78, 5) is 8.12. The van der Waals surface area contributed by atoms with Gasteiger partial charge in [0.25, 0.3) is 0 Å². The van der Waals surface area contributed by atoms with Gasteiger partial charge < -0.3 is 4.84 Å². The van der Waals surface area contributed by atoms with Gasteiger partial charge in [-0.15, -0.1) is 0 Å². The zero-order valence-electron chi connectivity index (χ0n) is 14.3. The minimum Gasteiger partial charge on any atom is -0.388 e. The summed E-state index contributed by atoms with van der Waals surface area (Å²) in [6.45, 7) is 8.38. The lowest BCUT2D eigenvalue weighted by molar-refractivity contribution is -0.137. The van der Waals surface area contributed by atoms with Crippen molar-refractivity contribution in [3.63, 3.8) is 0 Å². The third-order valence-corrected chi connectivity index (χ3v) is 4.99. The van der Waals surface area contributed by atoms with Crippen molar-refractivity contribution in [2.45, 2.75) is 57.3 Å². The summed E-state index contributed by atoms with van der Waals surface area (Å²) in [6, 6.07) is 5.33. The van der Waals surface area contributed by atoms with E-state index in [-0.39, 0.29) is 11.1 Å². The molecule has 0 N–H and O–H groups in total. The molecule has 0 saturated carbocycles. The van der Waals surface area contributed by atoms with E-state index >= 15 is 0 Å². The second-order valence-electron chi connectivity index (χ2n) is 7.73. The number of oxime groups is 1. The third-order valence-electron chi connectivity index (χ3n) is 4.99. The Kier molecular flexibility index (Phi) is 4.14. The summed E-state index contributed by atoms with van der Waals surface area (Å²) in [5, 5.41) is 4.12. The maximum Gasteiger partial charge on any atom is 0.416 e. The van der Waals surface area contributed by atoms with Gasteiger partial charge >= 0.3 is 6.18 Å². The van der Waals surface area contributed by atoms with Crippen LogP contribution in [0, 0.1) is 0 Å². The highest BCUT2D eigenvalue weighted by Gasteiger charge is 2.44. The van der Waals surface area contributed by atoms with Gasteiger partial charge in [-0.3, -0.25) is 4.90 Å². The molecule has 3 rings (SSSR count). The van der Waals surface area contributed by atoms with Crippen LogP contribution in [0.5, 0.6) is 0 Å². The smallest absolute Gasteiger partial charge is 0.388 e. The number of rotatable bonds is 1. The van der Waals surface area contributed by atoms with Crippen molar-refractivity contribution in [3.8, 4) is 0 Å². The Balaban J connectivity index is 1.70. The first-order chi connectivity index (χ1) is 11.1. The number of alkyl halides is 3. The van der Waals surface area contributed by atoms with Crippen LogP contribution in [0.25, 0.3) is 0 Å². The lowest BCUT2D eigenvalue weighted by Crippen LogP contribution is -2.51. The van der Waals surface area contributed by atoms with Crippen molar-refractivity contribution in [2.24, 2.45) is 5.16 Å². The average molecular weight is 340 g/mol. The Bertz CT molecular complexity index is 638. The number of nitrogens with zero attached hydrogens (tertiary/aromatic N) is 2. The minimum atomic E-state index is -4.34. The molecule has 1 fully saturated rings. The largest absolute Gasteiger partial charge is 0.416 e. The van der Waals surface area contributed by atoms with Crippen LogP contribution in [0.2, 0.25) is 0 Å². The van der Waals surface area contributed by atoms with Crippen molar-refractivity contribution in [1.29, 1.82) is 0 Å². The van der Waals surface area contributed by atoms with E-state index in [9.17, 15) is 13.2 Å². The van der Waals surface area contributed by atoms with Gasteiger partial charge in [0.1, 0.15) is 5.60 Å².